The quantitative estimate of drug-likeness (QED) is 0.242. The van der Waals surface area contributed by atoms with Gasteiger partial charge in [0.25, 0.3) is 11.9 Å². The molecule has 0 atom stereocenters. The van der Waals surface area contributed by atoms with Crippen LogP contribution in [0.1, 0.15) is 39.5 Å². The molecule has 0 saturated carbocycles. The Morgan fingerprint density at radius 1 is 0.905 bits per heavy atom. The van der Waals surface area contributed by atoms with E-state index in [2.05, 4.69) is 73.3 Å². The van der Waals surface area contributed by atoms with E-state index in [1.807, 2.05) is 0 Å². The molecule has 0 amide bonds. The second-order valence-electron chi connectivity index (χ2n) is 3.68. The monoisotopic (exact) mass is 480 g/mol. The zero-order valence-electron chi connectivity index (χ0n) is 12.5. The summed E-state index contributed by atoms with van der Waals surface area (Å²) in [7, 11) is 0. The van der Waals surface area contributed by atoms with Gasteiger partial charge < -0.3 is 34.2 Å². The van der Waals surface area contributed by atoms with Crippen molar-refractivity contribution in [3.05, 3.63) is 0 Å². The second-order valence-corrected chi connectivity index (χ2v) is 8.93. The van der Waals surface area contributed by atoms with Gasteiger partial charge in [-0.2, -0.15) is 25.3 Å². The molecule has 0 heterocycles. The van der Waals surface area contributed by atoms with Gasteiger partial charge in [0.2, 0.25) is 0 Å². The van der Waals surface area contributed by atoms with Crippen LogP contribution in [0.4, 0.5) is 0 Å². The molecule has 0 aliphatic heterocycles. The maximum atomic E-state index is 9.78. The summed E-state index contributed by atoms with van der Waals surface area (Å²) in [6.07, 6.45) is 5.84. The molecule has 0 rings (SSSR count). The standard InChI is InChI=1S/2C4H9.2C2H4O2S2.Sn/c2*1-3-4-2;2*3-2(1-5)4-6;/h2*1,3-4H2,2H3;2*5-6H,1H2;/q;;;;+2/p-2. The van der Waals surface area contributed by atoms with Crippen LogP contribution in [0.15, 0.2) is 0 Å². The summed E-state index contributed by atoms with van der Waals surface area (Å²) < 4.78 is 10.8. The van der Waals surface area contributed by atoms with E-state index in [9.17, 15) is 9.59 Å². The van der Waals surface area contributed by atoms with E-state index < -0.39 is 11.9 Å². The fourth-order valence-corrected chi connectivity index (χ4v) is 5.36. The zero-order valence-corrected chi connectivity index (χ0v) is 18.8. The number of carbonyl (C=O) groups excluding carboxylic acids is 2. The molecule has 9 heteroatoms. The van der Waals surface area contributed by atoms with Crippen molar-refractivity contribution in [3.63, 3.8) is 0 Å². The van der Waals surface area contributed by atoms with Gasteiger partial charge >= 0.3 is 69.5 Å². The van der Waals surface area contributed by atoms with Crippen LogP contribution in [-0.2, 0) is 43.8 Å². The van der Waals surface area contributed by atoms with Crippen molar-refractivity contribution < 1.29 is 18.0 Å². The van der Waals surface area contributed by atoms with Crippen LogP contribution in [0.3, 0.4) is 0 Å². The molecule has 0 aliphatic carbocycles. The molecule has 0 spiro atoms. The topological polar surface area (TPSA) is 52.6 Å². The number of hydrogen-bond donors (Lipinski definition) is 2. The van der Waals surface area contributed by atoms with Crippen LogP contribution in [0.5, 0.6) is 0 Å². The summed E-state index contributed by atoms with van der Waals surface area (Å²) >= 11 is 15.0. The maximum absolute atomic E-state index is 9.78. The van der Waals surface area contributed by atoms with Gasteiger partial charge in [-0.15, -0.1) is 0 Å². The second kappa shape index (κ2) is 26.1. The minimum Gasteiger partial charge on any atom is -0.615 e. The molecule has 0 saturated heterocycles. The molecular weight excluding hydrogens is 455 g/mol. The van der Waals surface area contributed by atoms with Crippen molar-refractivity contribution in [1.82, 2.24) is 0 Å². The Hall–Kier alpha value is 1.14. The molecular formula is C12H24O4S4Sn. The van der Waals surface area contributed by atoms with Crippen molar-refractivity contribution >= 4 is 84.2 Å². The van der Waals surface area contributed by atoms with E-state index in [0.29, 0.717) is 0 Å². The Kier molecular flexibility index (Phi) is 33.5. The van der Waals surface area contributed by atoms with Gasteiger partial charge in [-0.25, -0.2) is 0 Å². The van der Waals surface area contributed by atoms with E-state index in [1.54, 1.807) is 8.87 Å². The van der Waals surface area contributed by atoms with Crippen LogP contribution in [-0.4, -0.2) is 44.6 Å². The third kappa shape index (κ3) is 33.8. The van der Waals surface area contributed by atoms with Gasteiger partial charge in [-0.1, -0.05) is 0 Å². The average Bonchev–Trinajstić information content (AvgIpc) is 2.54. The van der Waals surface area contributed by atoms with E-state index >= 15 is 0 Å². The molecule has 4 nitrogen and oxygen atoms in total. The maximum Gasteiger partial charge on any atom is 0.292 e. The number of rotatable bonds is 8. The predicted molar refractivity (Wildman–Crippen MR) is 99.8 cm³/mol. The normalized spacial score (nSPS) is 8.29. The molecule has 0 fully saturated rings. The van der Waals surface area contributed by atoms with E-state index in [4.69, 9.17) is 0 Å². The fourth-order valence-electron chi connectivity index (χ4n) is 0.781. The van der Waals surface area contributed by atoms with Crippen LogP contribution in [0.25, 0.3) is 0 Å². The van der Waals surface area contributed by atoms with Crippen molar-refractivity contribution in [1.29, 1.82) is 0 Å². The first-order valence-corrected chi connectivity index (χ1v) is 12.6. The van der Waals surface area contributed by atoms with E-state index in [1.165, 1.54) is 25.7 Å². The molecule has 21 heavy (non-hydrogen) atoms. The van der Waals surface area contributed by atoms with Crippen molar-refractivity contribution in [3.8, 4) is 0 Å². The first kappa shape index (κ1) is 27.0. The first-order chi connectivity index (χ1) is 10.0. The minimum atomic E-state index is -0.478. The molecule has 0 aromatic rings. The molecule has 124 valence electrons. The van der Waals surface area contributed by atoms with Crippen LogP contribution in [0, 0.1) is 0 Å². The Labute approximate surface area is 161 Å². The average molecular weight is 479 g/mol. The Balaban J connectivity index is -0.000000240. The summed E-state index contributed by atoms with van der Waals surface area (Å²) in [5.74, 6) is -0.839. The zero-order chi connectivity index (χ0) is 16.9. The molecule has 0 N–H and O–H groups in total. The van der Waals surface area contributed by atoms with Crippen LogP contribution in [0.2, 0.25) is 8.87 Å². The van der Waals surface area contributed by atoms with E-state index in [0.717, 1.165) is 0 Å². The van der Waals surface area contributed by atoms with Crippen LogP contribution >= 0.6 is 25.3 Å². The first-order valence-electron chi connectivity index (χ1n) is 6.61. The number of hydrogen-bond acceptors (Lipinski definition) is 8. The smallest absolute Gasteiger partial charge is 0.292 e. The Morgan fingerprint density at radius 3 is 1.38 bits per heavy atom. The van der Waals surface area contributed by atoms with Crippen LogP contribution < -0.4 is 0 Å². The predicted octanol–water partition coefficient (Wildman–Crippen LogP) is 2.97. The Morgan fingerprint density at radius 2 is 1.24 bits per heavy atom. The fraction of sp³-hybridized carbons (Fsp3) is 0.833. The molecule has 0 aromatic heterocycles. The molecule has 0 bridgehead atoms. The molecule has 0 radical (unpaired) electrons. The van der Waals surface area contributed by atoms with Crippen molar-refractivity contribution in [2.45, 2.75) is 48.4 Å². The Bertz CT molecular complexity index is 199. The summed E-state index contributed by atoms with van der Waals surface area (Å²) in [6.45, 7) is 4.58. The van der Waals surface area contributed by atoms with Gasteiger partial charge in [0.05, 0.1) is 11.5 Å². The molecule has 0 unspecified atom stereocenters. The van der Waals surface area contributed by atoms with Gasteiger partial charge in [0.1, 0.15) is 0 Å². The third-order valence-electron chi connectivity index (χ3n) is 1.86. The van der Waals surface area contributed by atoms with Crippen molar-refractivity contribution in [2.75, 3.05) is 11.5 Å². The number of thiol groups is 2. The third-order valence-corrected chi connectivity index (χ3v) is 6.78. The van der Waals surface area contributed by atoms with E-state index in [-0.39, 0.29) is 32.6 Å². The van der Waals surface area contributed by atoms with Crippen molar-refractivity contribution in [2.24, 2.45) is 0 Å². The summed E-state index contributed by atoms with van der Waals surface area (Å²) in [5, 5.41) is 0. The minimum absolute atomic E-state index is 0.0590. The summed E-state index contributed by atoms with van der Waals surface area (Å²) in [6, 6.07) is 0. The number of unbranched alkanes of at least 4 members (excludes halogenated alkanes) is 2. The number of carbonyl (C=O) groups is 2. The van der Waals surface area contributed by atoms with Gasteiger partial charge in [-0.05, 0) is 0 Å². The summed E-state index contributed by atoms with van der Waals surface area (Å²) in [5.41, 5.74) is 0. The van der Waals surface area contributed by atoms with Gasteiger partial charge in [0.15, 0.2) is 0 Å². The largest absolute Gasteiger partial charge is 0.615 e. The van der Waals surface area contributed by atoms with Gasteiger partial charge in [0, 0.05) is 0 Å². The van der Waals surface area contributed by atoms with Gasteiger partial charge in [-0.3, -0.25) is 9.59 Å². The molecule has 0 aliphatic rings. The molecule has 0 aromatic carbocycles. The SMILES string of the molecule is CCC[CH2][Sn+2][CH2]CCC.O=C(CS)O[S-].O=C(CS)O[S-]. The summed E-state index contributed by atoms with van der Waals surface area (Å²) in [4.78, 5) is 19.6.